The first-order valence-corrected chi connectivity index (χ1v) is 5.75. The standard InChI is InChI=1S/C4H2F3IN2S/c1-8-3-10-9-2(11-3)4(5,6)7/h1H2. The van der Waals surface area contributed by atoms with Gasteiger partial charge in [0.1, 0.15) is 0 Å². The van der Waals surface area contributed by atoms with E-state index in [0.29, 0.717) is 14.4 Å². The predicted molar refractivity (Wildman–Crippen MR) is 44.7 cm³/mol. The van der Waals surface area contributed by atoms with Gasteiger partial charge in [-0.05, 0) is 0 Å². The summed E-state index contributed by atoms with van der Waals surface area (Å²) in [7, 11) is 0. The predicted octanol–water partition coefficient (Wildman–Crippen LogP) is 2.13. The van der Waals surface area contributed by atoms with E-state index in [2.05, 4.69) is 14.7 Å². The molecule has 62 valence electrons. The van der Waals surface area contributed by atoms with Gasteiger partial charge in [0.15, 0.2) is 3.01 Å². The van der Waals surface area contributed by atoms with Crippen LogP contribution in [0.15, 0.2) is 0 Å². The Morgan fingerprint density at radius 3 is 2.27 bits per heavy atom. The van der Waals surface area contributed by atoms with Gasteiger partial charge >= 0.3 is 6.18 Å². The van der Waals surface area contributed by atoms with E-state index in [1.165, 1.54) is 0 Å². The fraction of sp³-hybridized carbons (Fsp3) is 0.250. The van der Waals surface area contributed by atoms with Crippen molar-refractivity contribution in [3.63, 3.8) is 0 Å². The Kier molecular flexibility index (Phi) is 2.58. The zero-order valence-corrected chi connectivity index (χ0v) is 8.00. The Morgan fingerprint density at radius 2 is 2.00 bits per heavy atom. The van der Waals surface area contributed by atoms with Crippen molar-refractivity contribution in [1.29, 1.82) is 0 Å². The molecule has 0 fully saturated rings. The van der Waals surface area contributed by atoms with Crippen LogP contribution < -0.4 is 0 Å². The second-order valence-electron chi connectivity index (χ2n) is 1.49. The van der Waals surface area contributed by atoms with Crippen LogP contribution in [-0.2, 0) is 6.18 Å². The molecule has 1 aromatic heterocycles. The van der Waals surface area contributed by atoms with E-state index in [1.54, 1.807) is 0 Å². The van der Waals surface area contributed by atoms with Crippen molar-refractivity contribution in [2.75, 3.05) is 0 Å². The average molecular weight is 294 g/mol. The minimum Gasteiger partial charge on any atom is -0.164 e. The number of alkyl halides is 3. The number of aromatic nitrogens is 2. The Morgan fingerprint density at radius 1 is 1.36 bits per heavy atom. The zero-order valence-electron chi connectivity index (χ0n) is 5.02. The summed E-state index contributed by atoms with van der Waals surface area (Å²) in [4.78, 5) is 0. The molecular weight excluding hydrogens is 292 g/mol. The average Bonchev–Trinajstić information content (AvgIpc) is 2.32. The van der Waals surface area contributed by atoms with Gasteiger partial charge in [-0.25, -0.2) is 0 Å². The maximum absolute atomic E-state index is 11.8. The molecule has 0 unspecified atom stereocenters. The molecule has 0 aromatic carbocycles. The lowest BCUT2D eigenvalue weighted by molar-refractivity contribution is -0.138. The van der Waals surface area contributed by atoms with Gasteiger partial charge in [0.2, 0.25) is 5.01 Å². The molecule has 0 aliphatic rings. The van der Waals surface area contributed by atoms with Crippen molar-refractivity contribution < 1.29 is 13.2 Å². The second-order valence-corrected chi connectivity index (χ2v) is 4.99. The maximum Gasteiger partial charge on any atom is 0.445 e. The first kappa shape index (κ1) is 9.04. The molecule has 11 heavy (non-hydrogen) atoms. The van der Waals surface area contributed by atoms with E-state index in [-0.39, 0.29) is 0 Å². The second kappa shape index (κ2) is 3.13. The van der Waals surface area contributed by atoms with Gasteiger partial charge < -0.3 is 0 Å². The first-order valence-electron chi connectivity index (χ1n) is 2.33. The third-order valence-electron chi connectivity index (χ3n) is 0.757. The third kappa shape index (κ3) is 2.19. The van der Waals surface area contributed by atoms with Crippen LogP contribution in [-0.4, -0.2) is 14.7 Å². The molecule has 1 rings (SSSR count). The van der Waals surface area contributed by atoms with E-state index in [9.17, 15) is 13.2 Å². The van der Waals surface area contributed by atoms with Gasteiger partial charge in [-0.15, -0.1) is 10.2 Å². The third-order valence-corrected chi connectivity index (χ3v) is 3.77. The molecule has 0 amide bonds. The highest BCUT2D eigenvalue weighted by Crippen LogP contribution is 2.32. The zero-order chi connectivity index (χ0) is 8.48. The summed E-state index contributed by atoms with van der Waals surface area (Å²) in [5, 5.41) is 5.45. The lowest BCUT2D eigenvalue weighted by Gasteiger charge is -1.96. The van der Waals surface area contributed by atoms with E-state index in [0.717, 1.165) is 0 Å². The summed E-state index contributed by atoms with van der Waals surface area (Å²) in [5.41, 5.74) is 0. The van der Waals surface area contributed by atoms with Gasteiger partial charge in [-0.3, -0.25) is 0 Å². The summed E-state index contributed by atoms with van der Waals surface area (Å²) in [6.45, 7) is 0. The molecule has 0 radical (unpaired) electrons. The van der Waals surface area contributed by atoms with Crippen molar-refractivity contribution in [2.45, 2.75) is 6.18 Å². The van der Waals surface area contributed by atoms with Crippen molar-refractivity contribution in [3.8, 4) is 0 Å². The van der Waals surface area contributed by atoms with Gasteiger partial charge in [0.25, 0.3) is 0 Å². The maximum atomic E-state index is 11.8. The molecule has 7 heteroatoms. The molecule has 0 saturated heterocycles. The van der Waals surface area contributed by atoms with E-state index >= 15 is 0 Å². The molecule has 2 nitrogen and oxygen atoms in total. The van der Waals surface area contributed by atoms with Gasteiger partial charge in [-0.2, -0.15) is 13.2 Å². The van der Waals surface area contributed by atoms with Gasteiger partial charge in [0, 0.05) is 0 Å². The Labute approximate surface area is 74.2 Å². The SMILES string of the molecule is C=Ic1nnc(C(F)(F)F)s1. The van der Waals surface area contributed by atoms with Crippen molar-refractivity contribution in [1.82, 2.24) is 10.2 Å². The number of rotatable bonds is 1. The van der Waals surface area contributed by atoms with Crippen LogP contribution in [0.25, 0.3) is 0 Å². The summed E-state index contributed by atoms with van der Waals surface area (Å²) < 4.78 is 39.4. The summed E-state index contributed by atoms with van der Waals surface area (Å²) in [5.74, 6) is 0. The fourth-order valence-electron chi connectivity index (χ4n) is 0.374. The molecule has 0 spiro atoms. The van der Waals surface area contributed by atoms with Gasteiger partial charge in [0.05, 0.1) is 0 Å². The highest BCUT2D eigenvalue weighted by molar-refractivity contribution is 14.2. The number of nitrogens with zero attached hydrogens (tertiary/aromatic N) is 2. The fourth-order valence-corrected chi connectivity index (χ4v) is 2.22. The molecular formula is C4H2F3IN2S. The van der Waals surface area contributed by atoms with Crippen molar-refractivity contribution in [3.05, 3.63) is 8.02 Å². The van der Waals surface area contributed by atoms with E-state index in [4.69, 9.17) is 0 Å². The van der Waals surface area contributed by atoms with Crippen molar-refractivity contribution >= 4 is 36.6 Å². The number of halogens is 4. The Bertz CT molecular complexity index is 269. The van der Waals surface area contributed by atoms with E-state index < -0.39 is 31.9 Å². The van der Waals surface area contributed by atoms with Crippen LogP contribution in [0, 0.1) is 3.01 Å². The van der Waals surface area contributed by atoms with Crippen LogP contribution in [0.4, 0.5) is 13.2 Å². The Hall–Kier alpha value is -0.0500. The van der Waals surface area contributed by atoms with Crippen molar-refractivity contribution in [2.24, 2.45) is 0 Å². The van der Waals surface area contributed by atoms with Crippen LogP contribution in [0.3, 0.4) is 0 Å². The van der Waals surface area contributed by atoms with Crippen LogP contribution in [0.2, 0.25) is 0 Å². The molecule has 0 N–H and O–H groups in total. The molecule has 0 bridgehead atoms. The summed E-state index contributed by atoms with van der Waals surface area (Å²) >= 11 is -0.0443. The van der Waals surface area contributed by atoms with Crippen LogP contribution >= 0.6 is 32.1 Å². The van der Waals surface area contributed by atoms with Crippen LogP contribution in [0.5, 0.6) is 0 Å². The number of hydrogen-bond acceptors (Lipinski definition) is 3. The lowest BCUT2D eigenvalue weighted by Crippen LogP contribution is -2.03. The smallest absolute Gasteiger partial charge is 0.164 e. The summed E-state index contributed by atoms with van der Waals surface area (Å²) in [6, 6.07) is 0. The van der Waals surface area contributed by atoms with Gasteiger partial charge in [-0.1, -0.05) is 36.6 Å². The normalized spacial score (nSPS) is 11.9. The first-order chi connectivity index (χ1) is 5.04. The molecule has 0 saturated carbocycles. The monoisotopic (exact) mass is 294 g/mol. The van der Waals surface area contributed by atoms with Crippen LogP contribution in [0.1, 0.15) is 5.01 Å². The largest absolute Gasteiger partial charge is 0.445 e. The molecule has 0 aliphatic heterocycles. The highest BCUT2D eigenvalue weighted by atomic mass is 127. The van der Waals surface area contributed by atoms with E-state index in [1.807, 2.05) is 0 Å². The number of hydrogen-bond donors (Lipinski definition) is 0. The quantitative estimate of drug-likeness (QED) is 0.742. The molecule has 0 atom stereocenters. The lowest BCUT2D eigenvalue weighted by atomic mass is 10.7. The molecule has 0 aliphatic carbocycles. The highest BCUT2D eigenvalue weighted by Gasteiger charge is 2.35. The minimum atomic E-state index is -4.35. The summed E-state index contributed by atoms with van der Waals surface area (Å²) in [6.07, 6.45) is -4.35. The topological polar surface area (TPSA) is 25.8 Å². The minimum absolute atomic E-state index is 0.413. The molecule has 1 aromatic rings. The molecule has 1 heterocycles. The Balaban J connectivity index is 2.98.